The average molecular weight is 234 g/mol. The molecule has 2 aromatic heterocycles. The van der Waals surface area contributed by atoms with Gasteiger partial charge < -0.3 is 15.2 Å². The van der Waals surface area contributed by atoms with Crippen molar-refractivity contribution in [3.05, 3.63) is 24.5 Å². The summed E-state index contributed by atoms with van der Waals surface area (Å²) in [6, 6.07) is 3.45. The minimum absolute atomic E-state index is 0.0198. The predicted octanol–water partition coefficient (Wildman–Crippen LogP) is 0.444. The Hall–Kier alpha value is -1.79. The van der Waals surface area contributed by atoms with Crippen LogP contribution in [-0.2, 0) is 4.74 Å². The molecule has 0 radical (unpaired) electrons. The van der Waals surface area contributed by atoms with Gasteiger partial charge in [-0.3, -0.25) is 4.98 Å². The molecule has 2 aromatic rings. The van der Waals surface area contributed by atoms with E-state index in [-0.39, 0.29) is 12.6 Å². The summed E-state index contributed by atoms with van der Waals surface area (Å²) in [5.41, 5.74) is 1.32. The summed E-state index contributed by atoms with van der Waals surface area (Å²) < 4.78 is 4.98. The van der Waals surface area contributed by atoms with Crippen molar-refractivity contribution in [3.63, 3.8) is 0 Å². The molecule has 0 aliphatic heterocycles. The lowest BCUT2D eigenvalue weighted by Gasteiger charge is -2.15. The summed E-state index contributed by atoms with van der Waals surface area (Å²) in [5.74, 6) is 0.647. The Morgan fingerprint density at radius 1 is 1.35 bits per heavy atom. The Morgan fingerprint density at radius 3 is 2.94 bits per heavy atom. The maximum Gasteiger partial charge on any atom is 0.180 e. The summed E-state index contributed by atoms with van der Waals surface area (Å²) >= 11 is 0. The Kier molecular flexibility index (Phi) is 3.79. The highest BCUT2D eigenvalue weighted by atomic mass is 16.5. The van der Waals surface area contributed by atoms with Crippen LogP contribution < -0.4 is 5.32 Å². The topological polar surface area (TPSA) is 80.2 Å². The number of methoxy groups -OCH3 is 1. The molecule has 0 aromatic carbocycles. The Labute approximate surface area is 98.7 Å². The SMILES string of the molecule is COCC(CO)Nc1ccc2nccnc2n1. The van der Waals surface area contributed by atoms with Crippen LogP contribution in [-0.4, -0.2) is 46.4 Å². The van der Waals surface area contributed by atoms with Crippen LogP contribution in [0.4, 0.5) is 5.82 Å². The summed E-state index contributed by atoms with van der Waals surface area (Å²) in [6.45, 7) is 0.394. The van der Waals surface area contributed by atoms with Crippen molar-refractivity contribution < 1.29 is 9.84 Å². The van der Waals surface area contributed by atoms with Gasteiger partial charge in [-0.25, -0.2) is 9.97 Å². The van der Waals surface area contributed by atoms with Gasteiger partial charge in [-0.1, -0.05) is 0 Å². The van der Waals surface area contributed by atoms with E-state index in [1.54, 1.807) is 25.6 Å². The van der Waals surface area contributed by atoms with Gasteiger partial charge in [-0.05, 0) is 12.1 Å². The molecule has 0 fully saturated rings. The van der Waals surface area contributed by atoms with Gasteiger partial charge in [0.2, 0.25) is 0 Å². The maximum atomic E-state index is 9.13. The zero-order chi connectivity index (χ0) is 12.1. The molecule has 0 aliphatic carbocycles. The molecule has 0 amide bonds. The molecule has 6 heteroatoms. The van der Waals surface area contributed by atoms with Crippen LogP contribution in [0.15, 0.2) is 24.5 Å². The number of pyridine rings is 1. The Bertz CT molecular complexity index is 492. The van der Waals surface area contributed by atoms with Crippen molar-refractivity contribution in [2.75, 3.05) is 25.6 Å². The van der Waals surface area contributed by atoms with Crippen molar-refractivity contribution in [1.82, 2.24) is 15.0 Å². The fourth-order valence-corrected chi connectivity index (χ4v) is 1.49. The normalized spacial score (nSPS) is 12.6. The van der Waals surface area contributed by atoms with E-state index in [0.29, 0.717) is 18.1 Å². The first kappa shape index (κ1) is 11.7. The first-order valence-electron chi connectivity index (χ1n) is 5.27. The van der Waals surface area contributed by atoms with Crippen LogP contribution in [0.25, 0.3) is 11.2 Å². The van der Waals surface area contributed by atoms with Gasteiger partial charge in [0.25, 0.3) is 0 Å². The lowest BCUT2D eigenvalue weighted by molar-refractivity contribution is 0.153. The average Bonchev–Trinajstić information content (AvgIpc) is 2.38. The predicted molar refractivity (Wildman–Crippen MR) is 63.7 cm³/mol. The number of aliphatic hydroxyl groups excluding tert-OH is 1. The highest BCUT2D eigenvalue weighted by molar-refractivity contribution is 5.71. The molecule has 0 saturated heterocycles. The van der Waals surface area contributed by atoms with E-state index < -0.39 is 0 Å². The van der Waals surface area contributed by atoms with E-state index in [2.05, 4.69) is 20.3 Å². The van der Waals surface area contributed by atoms with Crippen molar-refractivity contribution in [3.8, 4) is 0 Å². The quantitative estimate of drug-likeness (QED) is 0.781. The number of hydrogen-bond acceptors (Lipinski definition) is 6. The second-order valence-electron chi connectivity index (χ2n) is 3.57. The zero-order valence-electron chi connectivity index (χ0n) is 9.50. The molecular weight excluding hydrogens is 220 g/mol. The number of rotatable bonds is 5. The lowest BCUT2D eigenvalue weighted by atomic mass is 10.3. The molecule has 2 heterocycles. The van der Waals surface area contributed by atoms with Crippen LogP contribution in [0.2, 0.25) is 0 Å². The van der Waals surface area contributed by atoms with Gasteiger partial charge in [0, 0.05) is 19.5 Å². The van der Waals surface area contributed by atoms with Crippen molar-refractivity contribution in [2.45, 2.75) is 6.04 Å². The van der Waals surface area contributed by atoms with Crippen molar-refractivity contribution >= 4 is 17.0 Å². The lowest BCUT2D eigenvalue weighted by Crippen LogP contribution is -2.29. The smallest absolute Gasteiger partial charge is 0.180 e. The summed E-state index contributed by atoms with van der Waals surface area (Å²) in [5, 5.41) is 12.2. The summed E-state index contributed by atoms with van der Waals surface area (Å²) in [6.07, 6.45) is 3.22. The van der Waals surface area contributed by atoms with Crippen LogP contribution >= 0.6 is 0 Å². The van der Waals surface area contributed by atoms with Gasteiger partial charge in [0.05, 0.1) is 19.3 Å². The first-order valence-corrected chi connectivity index (χ1v) is 5.27. The molecule has 2 rings (SSSR count). The molecule has 1 atom stereocenters. The van der Waals surface area contributed by atoms with Crippen LogP contribution in [0.1, 0.15) is 0 Å². The number of aromatic nitrogens is 3. The van der Waals surface area contributed by atoms with Crippen LogP contribution in [0, 0.1) is 0 Å². The highest BCUT2D eigenvalue weighted by Gasteiger charge is 2.08. The number of ether oxygens (including phenoxy) is 1. The number of nitrogens with one attached hydrogen (secondary N) is 1. The van der Waals surface area contributed by atoms with Gasteiger partial charge in [-0.15, -0.1) is 0 Å². The molecule has 1 unspecified atom stereocenters. The fraction of sp³-hybridized carbons (Fsp3) is 0.364. The second-order valence-corrected chi connectivity index (χ2v) is 3.57. The largest absolute Gasteiger partial charge is 0.394 e. The third-order valence-electron chi connectivity index (χ3n) is 2.27. The molecule has 90 valence electrons. The molecule has 0 bridgehead atoms. The fourth-order valence-electron chi connectivity index (χ4n) is 1.49. The van der Waals surface area contributed by atoms with Crippen LogP contribution in [0.3, 0.4) is 0 Å². The van der Waals surface area contributed by atoms with Gasteiger partial charge in [0.15, 0.2) is 5.65 Å². The molecular formula is C11H14N4O2. The van der Waals surface area contributed by atoms with E-state index in [0.717, 1.165) is 5.52 Å². The van der Waals surface area contributed by atoms with Gasteiger partial charge >= 0.3 is 0 Å². The number of aliphatic hydroxyl groups is 1. The van der Waals surface area contributed by atoms with E-state index >= 15 is 0 Å². The second kappa shape index (κ2) is 5.51. The molecule has 17 heavy (non-hydrogen) atoms. The monoisotopic (exact) mass is 234 g/mol. The third-order valence-corrected chi connectivity index (χ3v) is 2.27. The molecule has 0 spiro atoms. The Morgan fingerprint density at radius 2 is 2.18 bits per heavy atom. The van der Waals surface area contributed by atoms with Gasteiger partial charge in [-0.2, -0.15) is 0 Å². The van der Waals surface area contributed by atoms with E-state index in [1.807, 2.05) is 6.07 Å². The van der Waals surface area contributed by atoms with Crippen molar-refractivity contribution in [1.29, 1.82) is 0 Å². The maximum absolute atomic E-state index is 9.13. The van der Waals surface area contributed by atoms with Crippen LogP contribution in [0.5, 0.6) is 0 Å². The molecule has 0 aliphatic rings. The van der Waals surface area contributed by atoms with E-state index in [9.17, 15) is 0 Å². The number of hydrogen-bond donors (Lipinski definition) is 2. The highest BCUT2D eigenvalue weighted by Crippen LogP contribution is 2.11. The Balaban J connectivity index is 2.18. The molecule has 2 N–H and O–H groups in total. The number of fused-ring (bicyclic) bond motifs is 1. The summed E-state index contributed by atoms with van der Waals surface area (Å²) in [7, 11) is 1.59. The zero-order valence-corrected chi connectivity index (χ0v) is 9.50. The molecule has 6 nitrogen and oxygen atoms in total. The first-order chi connectivity index (χ1) is 8.33. The minimum Gasteiger partial charge on any atom is -0.394 e. The van der Waals surface area contributed by atoms with Gasteiger partial charge in [0.1, 0.15) is 11.3 Å². The van der Waals surface area contributed by atoms with E-state index in [1.165, 1.54) is 0 Å². The molecule has 0 saturated carbocycles. The summed E-state index contributed by atoms with van der Waals surface area (Å²) in [4.78, 5) is 12.5. The number of anilines is 1. The van der Waals surface area contributed by atoms with Crippen molar-refractivity contribution in [2.24, 2.45) is 0 Å². The number of nitrogens with zero attached hydrogens (tertiary/aromatic N) is 3. The third kappa shape index (κ3) is 2.86. The van der Waals surface area contributed by atoms with E-state index in [4.69, 9.17) is 9.84 Å². The minimum atomic E-state index is -0.179. The standard InChI is InChI=1S/C11H14N4O2/c1-17-7-8(6-16)14-10-3-2-9-11(15-10)13-5-4-12-9/h2-5,8,16H,6-7H2,1H3,(H,13,14,15).